The van der Waals surface area contributed by atoms with Crippen molar-refractivity contribution < 1.29 is 0 Å². The molecule has 72 valence electrons. The van der Waals surface area contributed by atoms with Crippen LogP contribution in [0.2, 0.25) is 0 Å². The number of nitrogens with one attached hydrogen (secondary N) is 1. The summed E-state index contributed by atoms with van der Waals surface area (Å²) >= 11 is 0. The van der Waals surface area contributed by atoms with Crippen LogP contribution >= 0.6 is 0 Å². The monoisotopic (exact) mass is 178 g/mol. The second kappa shape index (κ2) is 4.97. The van der Waals surface area contributed by atoms with E-state index in [-0.39, 0.29) is 0 Å². The van der Waals surface area contributed by atoms with Crippen molar-refractivity contribution in [1.29, 1.82) is 0 Å². The van der Waals surface area contributed by atoms with Crippen LogP contribution in [0, 0.1) is 12.8 Å². The molecule has 1 heterocycles. The first-order valence-corrected chi connectivity index (χ1v) is 4.80. The molecule has 0 amide bonds. The standard InChI is InChI=1S/C11H18N2/c1-9(2)6-12-8-11-5-4-10(3)7-13-11/h4-5,7,9,12H,6,8H2,1-3H3. The molecule has 1 rings (SSSR count). The summed E-state index contributed by atoms with van der Waals surface area (Å²) in [7, 11) is 0. The molecule has 0 aliphatic rings. The Morgan fingerprint density at radius 1 is 1.38 bits per heavy atom. The number of hydrogen-bond donors (Lipinski definition) is 1. The topological polar surface area (TPSA) is 24.9 Å². The second-order valence-corrected chi connectivity index (χ2v) is 3.85. The molecule has 0 spiro atoms. The van der Waals surface area contributed by atoms with Gasteiger partial charge < -0.3 is 5.32 Å². The van der Waals surface area contributed by atoms with Gasteiger partial charge in [-0.2, -0.15) is 0 Å². The third kappa shape index (κ3) is 4.04. The van der Waals surface area contributed by atoms with Gasteiger partial charge in [-0.25, -0.2) is 0 Å². The first-order chi connectivity index (χ1) is 6.18. The molecular weight excluding hydrogens is 160 g/mol. The summed E-state index contributed by atoms with van der Waals surface area (Å²) in [6.07, 6.45) is 1.91. The van der Waals surface area contributed by atoms with Gasteiger partial charge in [0.15, 0.2) is 0 Å². The molecule has 1 N–H and O–H groups in total. The van der Waals surface area contributed by atoms with E-state index in [2.05, 4.69) is 43.2 Å². The van der Waals surface area contributed by atoms with Crippen molar-refractivity contribution in [3.63, 3.8) is 0 Å². The van der Waals surface area contributed by atoms with Gasteiger partial charge in [0.25, 0.3) is 0 Å². The zero-order valence-electron chi connectivity index (χ0n) is 8.67. The van der Waals surface area contributed by atoms with E-state index in [1.54, 1.807) is 0 Å². The van der Waals surface area contributed by atoms with Crippen molar-refractivity contribution in [2.45, 2.75) is 27.3 Å². The summed E-state index contributed by atoms with van der Waals surface area (Å²) in [5, 5.41) is 3.36. The molecule has 2 heteroatoms. The fourth-order valence-corrected chi connectivity index (χ4v) is 1.09. The summed E-state index contributed by atoms with van der Waals surface area (Å²) < 4.78 is 0. The highest BCUT2D eigenvalue weighted by Gasteiger charge is 1.95. The lowest BCUT2D eigenvalue weighted by Crippen LogP contribution is -2.19. The molecule has 0 radical (unpaired) electrons. The number of aryl methyl sites for hydroxylation is 1. The largest absolute Gasteiger partial charge is 0.311 e. The Morgan fingerprint density at radius 3 is 2.69 bits per heavy atom. The zero-order valence-corrected chi connectivity index (χ0v) is 8.67. The fourth-order valence-electron chi connectivity index (χ4n) is 1.09. The van der Waals surface area contributed by atoms with E-state index in [9.17, 15) is 0 Å². The highest BCUT2D eigenvalue weighted by molar-refractivity contribution is 5.11. The van der Waals surface area contributed by atoms with Crippen molar-refractivity contribution in [1.82, 2.24) is 10.3 Å². The van der Waals surface area contributed by atoms with Crippen LogP contribution in [-0.4, -0.2) is 11.5 Å². The molecule has 0 atom stereocenters. The first kappa shape index (κ1) is 10.2. The maximum Gasteiger partial charge on any atom is 0.0541 e. The minimum atomic E-state index is 0.699. The molecule has 1 aromatic rings. The third-order valence-electron chi connectivity index (χ3n) is 1.83. The summed E-state index contributed by atoms with van der Waals surface area (Å²) in [5.74, 6) is 0.699. The number of pyridine rings is 1. The Morgan fingerprint density at radius 2 is 2.15 bits per heavy atom. The summed E-state index contributed by atoms with van der Waals surface area (Å²) in [6.45, 7) is 8.39. The molecule has 13 heavy (non-hydrogen) atoms. The summed E-state index contributed by atoms with van der Waals surface area (Å²) in [6, 6.07) is 4.17. The highest BCUT2D eigenvalue weighted by Crippen LogP contribution is 1.98. The van der Waals surface area contributed by atoms with Gasteiger partial charge in [-0.3, -0.25) is 4.98 Å². The Labute approximate surface area is 80.4 Å². The quantitative estimate of drug-likeness (QED) is 0.764. The predicted octanol–water partition coefficient (Wildman–Crippen LogP) is 2.14. The van der Waals surface area contributed by atoms with Crippen LogP contribution in [0.4, 0.5) is 0 Å². The molecule has 1 aromatic heterocycles. The number of rotatable bonds is 4. The average molecular weight is 178 g/mol. The van der Waals surface area contributed by atoms with Crippen LogP contribution in [0.3, 0.4) is 0 Å². The van der Waals surface area contributed by atoms with E-state index in [4.69, 9.17) is 0 Å². The molecule has 0 bridgehead atoms. The van der Waals surface area contributed by atoms with Crippen LogP contribution in [0.25, 0.3) is 0 Å². The average Bonchev–Trinajstić information content (AvgIpc) is 2.08. The number of nitrogens with zero attached hydrogens (tertiary/aromatic N) is 1. The lowest BCUT2D eigenvalue weighted by atomic mass is 10.2. The Bertz CT molecular complexity index is 239. The Hall–Kier alpha value is -0.890. The van der Waals surface area contributed by atoms with Crippen LogP contribution in [0.5, 0.6) is 0 Å². The van der Waals surface area contributed by atoms with E-state index >= 15 is 0 Å². The summed E-state index contributed by atoms with van der Waals surface area (Å²) in [5.41, 5.74) is 2.33. The van der Waals surface area contributed by atoms with E-state index in [1.807, 2.05) is 6.20 Å². The summed E-state index contributed by atoms with van der Waals surface area (Å²) in [4.78, 5) is 4.31. The van der Waals surface area contributed by atoms with E-state index in [1.165, 1.54) is 5.56 Å². The Kier molecular flexibility index (Phi) is 3.90. The zero-order chi connectivity index (χ0) is 9.68. The van der Waals surface area contributed by atoms with Crippen LogP contribution in [0.15, 0.2) is 18.3 Å². The lowest BCUT2D eigenvalue weighted by Gasteiger charge is -2.06. The van der Waals surface area contributed by atoms with E-state index in [0.717, 1.165) is 18.8 Å². The van der Waals surface area contributed by atoms with Crippen LogP contribution in [0.1, 0.15) is 25.1 Å². The SMILES string of the molecule is Cc1ccc(CNCC(C)C)nc1. The van der Waals surface area contributed by atoms with Gasteiger partial charge in [-0.05, 0) is 31.0 Å². The van der Waals surface area contributed by atoms with Gasteiger partial charge >= 0.3 is 0 Å². The molecule has 0 fully saturated rings. The van der Waals surface area contributed by atoms with E-state index in [0.29, 0.717) is 5.92 Å². The van der Waals surface area contributed by atoms with E-state index < -0.39 is 0 Å². The maximum absolute atomic E-state index is 4.31. The maximum atomic E-state index is 4.31. The molecule has 0 aliphatic carbocycles. The van der Waals surface area contributed by atoms with Gasteiger partial charge in [0, 0.05) is 12.7 Å². The van der Waals surface area contributed by atoms with Crippen LogP contribution < -0.4 is 5.32 Å². The van der Waals surface area contributed by atoms with Gasteiger partial charge in [0.05, 0.1) is 5.69 Å². The number of aromatic nitrogens is 1. The van der Waals surface area contributed by atoms with Gasteiger partial charge in [0.2, 0.25) is 0 Å². The predicted molar refractivity (Wildman–Crippen MR) is 55.5 cm³/mol. The first-order valence-electron chi connectivity index (χ1n) is 4.80. The fraction of sp³-hybridized carbons (Fsp3) is 0.545. The van der Waals surface area contributed by atoms with Crippen LogP contribution in [-0.2, 0) is 6.54 Å². The second-order valence-electron chi connectivity index (χ2n) is 3.85. The minimum absolute atomic E-state index is 0.699. The molecule has 0 aromatic carbocycles. The third-order valence-corrected chi connectivity index (χ3v) is 1.83. The van der Waals surface area contributed by atoms with Crippen molar-refractivity contribution in [3.05, 3.63) is 29.6 Å². The molecule has 0 unspecified atom stereocenters. The molecular formula is C11H18N2. The van der Waals surface area contributed by atoms with Crippen molar-refractivity contribution >= 4 is 0 Å². The van der Waals surface area contributed by atoms with Crippen molar-refractivity contribution in [2.75, 3.05) is 6.54 Å². The lowest BCUT2D eigenvalue weighted by molar-refractivity contribution is 0.548. The highest BCUT2D eigenvalue weighted by atomic mass is 14.9. The number of hydrogen-bond acceptors (Lipinski definition) is 2. The molecule has 0 aliphatic heterocycles. The molecule has 2 nitrogen and oxygen atoms in total. The molecule has 0 saturated carbocycles. The van der Waals surface area contributed by atoms with Gasteiger partial charge in [0.1, 0.15) is 0 Å². The van der Waals surface area contributed by atoms with Crippen molar-refractivity contribution in [2.24, 2.45) is 5.92 Å². The minimum Gasteiger partial charge on any atom is -0.311 e. The smallest absolute Gasteiger partial charge is 0.0541 e. The van der Waals surface area contributed by atoms with Gasteiger partial charge in [-0.15, -0.1) is 0 Å². The Balaban J connectivity index is 2.33. The van der Waals surface area contributed by atoms with Crippen molar-refractivity contribution in [3.8, 4) is 0 Å². The normalized spacial score (nSPS) is 10.8. The molecule has 0 saturated heterocycles. The van der Waals surface area contributed by atoms with Gasteiger partial charge in [-0.1, -0.05) is 19.9 Å².